The van der Waals surface area contributed by atoms with Crippen LogP contribution in [0.3, 0.4) is 0 Å². The van der Waals surface area contributed by atoms with Gasteiger partial charge in [-0.3, -0.25) is 9.59 Å². The van der Waals surface area contributed by atoms with E-state index in [9.17, 15) is 14.7 Å². The number of hydrogen-bond donors (Lipinski definition) is 2. The normalized spacial score (nSPS) is 16.6. The van der Waals surface area contributed by atoms with Crippen LogP contribution in [0.2, 0.25) is 10.0 Å². The van der Waals surface area contributed by atoms with Gasteiger partial charge in [-0.15, -0.1) is 0 Å². The summed E-state index contributed by atoms with van der Waals surface area (Å²) in [6.07, 6.45) is 1.25. The van der Waals surface area contributed by atoms with E-state index in [1.807, 2.05) is 6.92 Å². The zero-order valence-corrected chi connectivity index (χ0v) is 15.6. The van der Waals surface area contributed by atoms with Gasteiger partial charge in [0.25, 0.3) is 5.91 Å². The zero-order valence-electron chi connectivity index (χ0n) is 14.1. The van der Waals surface area contributed by atoms with Gasteiger partial charge < -0.3 is 15.3 Å². The number of likely N-dealkylation sites (tertiary alicyclic amines) is 1. The molecular formula is C19H18Cl2N2O3. The summed E-state index contributed by atoms with van der Waals surface area (Å²) in [6, 6.07) is 9.00. The minimum absolute atomic E-state index is 0.0160. The van der Waals surface area contributed by atoms with Crippen LogP contribution >= 0.6 is 23.2 Å². The summed E-state index contributed by atoms with van der Waals surface area (Å²) in [5.41, 5.74) is 1.51. The molecule has 1 heterocycles. The number of benzene rings is 2. The molecule has 2 amide bonds. The van der Waals surface area contributed by atoms with Crippen LogP contribution in [-0.2, 0) is 4.79 Å². The molecule has 2 N–H and O–H groups in total. The van der Waals surface area contributed by atoms with Crippen molar-refractivity contribution in [3.63, 3.8) is 0 Å². The quantitative estimate of drug-likeness (QED) is 0.766. The molecule has 26 heavy (non-hydrogen) atoms. The van der Waals surface area contributed by atoms with Gasteiger partial charge in [-0.25, -0.2) is 0 Å². The van der Waals surface area contributed by atoms with Crippen LogP contribution in [0.5, 0.6) is 5.75 Å². The van der Waals surface area contributed by atoms with Crippen molar-refractivity contribution in [1.29, 1.82) is 0 Å². The molecule has 0 bridgehead atoms. The van der Waals surface area contributed by atoms with Crippen LogP contribution in [0.25, 0.3) is 0 Å². The van der Waals surface area contributed by atoms with Gasteiger partial charge in [0.05, 0.1) is 16.3 Å². The molecule has 1 unspecified atom stereocenters. The summed E-state index contributed by atoms with van der Waals surface area (Å²) >= 11 is 12.1. The molecule has 1 aliphatic rings. The second-order valence-electron chi connectivity index (χ2n) is 6.29. The maximum absolute atomic E-state index is 12.9. The van der Waals surface area contributed by atoms with Crippen molar-refractivity contribution in [3.05, 3.63) is 57.6 Å². The van der Waals surface area contributed by atoms with Gasteiger partial charge in [0.1, 0.15) is 11.8 Å². The predicted molar refractivity (Wildman–Crippen MR) is 102 cm³/mol. The lowest BCUT2D eigenvalue weighted by molar-refractivity contribution is -0.119. The van der Waals surface area contributed by atoms with E-state index in [0.717, 1.165) is 5.56 Å². The van der Waals surface area contributed by atoms with Crippen LogP contribution in [0, 0.1) is 6.92 Å². The first-order chi connectivity index (χ1) is 12.4. The Hall–Kier alpha value is -2.24. The summed E-state index contributed by atoms with van der Waals surface area (Å²) in [7, 11) is 0. The highest BCUT2D eigenvalue weighted by molar-refractivity contribution is 6.35. The Bertz CT molecular complexity index is 870. The fourth-order valence-electron chi connectivity index (χ4n) is 3.06. The second kappa shape index (κ2) is 7.56. The Morgan fingerprint density at radius 2 is 1.96 bits per heavy atom. The monoisotopic (exact) mass is 392 g/mol. The molecular weight excluding hydrogens is 375 g/mol. The molecule has 136 valence electrons. The van der Waals surface area contributed by atoms with Crippen LogP contribution in [0.1, 0.15) is 28.8 Å². The Morgan fingerprint density at radius 1 is 1.19 bits per heavy atom. The number of phenolic OH excluding ortho intramolecular Hbond substituents is 1. The number of hydrogen-bond acceptors (Lipinski definition) is 3. The largest absolute Gasteiger partial charge is 0.506 e. The maximum Gasteiger partial charge on any atom is 0.256 e. The van der Waals surface area contributed by atoms with Gasteiger partial charge in [0.15, 0.2) is 0 Å². The number of rotatable bonds is 3. The highest BCUT2D eigenvalue weighted by Gasteiger charge is 2.35. The zero-order chi connectivity index (χ0) is 18.8. The maximum atomic E-state index is 12.9. The van der Waals surface area contributed by atoms with Crippen molar-refractivity contribution < 1.29 is 14.7 Å². The number of carbonyl (C=O) groups excluding carboxylic acids is 2. The van der Waals surface area contributed by atoms with Gasteiger partial charge in [-0.1, -0.05) is 29.3 Å². The molecule has 0 spiro atoms. The highest BCUT2D eigenvalue weighted by Crippen LogP contribution is 2.28. The summed E-state index contributed by atoms with van der Waals surface area (Å²) in [6.45, 7) is 2.32. The van der Waals surface area contributed by atoms with Gasteiger partial charge in [-0.2, -0.15) is 0 Å². The topological polar surface area (TPSA) is 69.6 Å². The summed E-state index contributed by atoms with van der Waals surface area (Å²) in [5, 5.41) is 13.3. The Kier molecular flexibility index (Phi) is 5.39. The SMILES string of the molecule is Cc1ccc(O)c(NC(=O)C2CCCN2C(=O)c2cc(Cl)ccc2Cl)c1. The first-order valence-electron chi connectivity index (χ1n) is 8.23. The Morgan fingerprint density at radius 3 is 2.73 bits per heavy atom. The van der Waals surface area contributed by atoms with Crippen molar-refractivity contribution in [1.82, 2.24) is 4.90 Å². The first-order valence-corrected chi connectivity index (χ1v) is 8.99. The number of aryl methyl sites for hydroxylation is 1. The van der Waals surface area contributed by atoms with E-state index in [2.05, 4.69) is 5.32 Å². The second-order valence-corrected chi connectivity index (χ2v) is 7.13. The van der Waals surface area contributed by atoms with Gasteiger partial charge in [0.2, 0.25) is 5.91 Å². The van der Waals surface area contributed by atoms with Crippen molar-refractivity contribution in [2.45, 2.75) is 25.8 Å². The van der Waals surface area contributed by atoms with Crippen molar-refractivity contribution in [3.8, 4) is 5.75 Å². The predicted octanol–water partition coefficient (Wildman–Crippen LogP) is 4.25. The van der Waals surface area contributed by atoms with E-state index < -0.39 is 6.04 Å². The molecule has 0 aliphatic carbocycles. The number of aromatic hydroxyl groups is 1. The molecule has 2 aromatic rings. The Balaban J connectivity index is 1.81. The lowest BCUT2D eigenvalue weighted by atomic mass is 10.1. The molecule has 1 fully saturated rings. The highest BCUT2D eigenvalue weighted by atomic mass is 35.5. The molecule has 0 saturated carbocycles. The molecule has 1 atom stereocenters. The number of nitrogens with one attached hydrogen (secondary N) is 1. The molecule has 0 radical (unpaired) electrons. The molecule has 5 nitrogen and oxygen atoms in total. The smallest absolute Gasteiger partial charge is 0.256 e. The lowest BCUT2D eigenvalue weighted by Gasteiger charge is -2.24. The fourth-order valence-corrected chi connectivity index (χ4v) is 3.43. The van der Waals surface area contributed by atoms with Crippen LogP contribution in [0.15, 0.2) is 36.4 Å². The third kappa shape index (κ3) is 3.79. The average molecular weight is 393 g/mol. The number of halogens is 2. The average Bonchev–Trinajstić information content (AvgIpc) is 3.09. The molecule has 7 heteroatoms. The third-order valence-electron chi connectivity index (χ3n) is 4.39. The van der Waals surface area contributed by atoms with Gasteiger partial charge >= 0.3 is 0 Å². The van der Waals surface area contributed by atoms with E-state index in [1.54, 1.807) is 24.3 Å². The molecule has 0 aromatic heterocycles. The van der Waals surface area contributed by atoms with Crippen LogP contribution < -0.4 is 5.32 Å². The van der Waals surface area contributed by atoms with Crippen molar-refractivity contribution in [2.24, 2.45) is 0 Å². The van der Waals surface area contributed by atoms with Gasteiger partial charge in [-0.05, 0) is 55.7 Å². The number of amides is 2. The number of anilines is 1. The number of phenols is 1. The third-order valence-corrected chi connectivity index (χ3v) is 4.95. The molecule has 3 rings (SSSR count). The number of nitrogens with zero attached hydrogens (tertiary/aromatic N) is 1. The van der Waals surface area contributed by atoms with Crippen molar-refractivity contribution >= 4 is 40.7 Å². The molecule has 1 aliphatic heterocycles. The minimum Gasteiger partial charge on any atom is -0.506 e. The van der Waals surface area contributed by atoms with Gasteiger partial charge in [0, 0.05) is 11.6 Å². The summed E-state index contributed by atoms with van der Waals surface area (Å²) in [5.74, 6) is -0.684. The molecule has 1 saturated heterocycles. The molecule has 2 aromatic carbocycles. The van der Waals surface area contributed by atoms with E-state index in [0.29, 0.717) is 35.1 Å². The van der Waals surface area contributed by atoms with E-state index in [1.165, 1.54) is 17.0 Å². The van der Waals surface area contributed by atoms with Crippen LogP contribution in [-0.4, -0.2) is 34.4 Å². The standard InChI is InChI=1S/C19H18Cl2N2O3/c1-11-4-7-17(24)15(9-11)22-18(25)16-3-2-8-23(16)19(26)13-10-12(20)5-6-14(13)21/h4-7,9-10,16,24H,2-3,8H2,1H3,(H,22,25). The summed E-state index contributed by atoms with van der Waals surface area (Å²) < 4.78 is 0. The van der Waals surface area contributed by atoms with E-state index in [4.69, 9.17) is 23.2 Å². The van der Waals surface area contributed by atoms with Crippen molar-refractivity contribution in [2.75, 3.05) is 11.9 Å². The lowest BCUT2D eigenvalue weighted by Crippen LogP contribution is -2.43. The van der Waals surface area contributed by atoms with Crippen LogP contribution in [0.4, 0.5) is 5.69 Å². The number of carbonyl (C=O) groups is 2. The Labute approximate surface area is 161 Å². The summed E-state index contributed by atoms with van der Waals surface area (Å²) in [4.78, 5) is 27.1. The van der Waals surface area contributed by atoms with E-state index >= 15 is 0 Å². The van der Waals surface area contributed by atoms with E-state index in [-0.39, 0.29) is 23.1 Å². The first kappa shape index (κ1) is 18.5. The fraction of sp³-hybridized carbons (Fsp3) is 0.263. The minimum atomic E-state index is -0.627.